The van der Waals surface area contributed by atoms with Crippen molar-refractivity contribution in [3.63, 3.8) is 0 Å². The molecule has 0 spiro atoms. The van der Waals surface area contributed by atoms with Crippen molar-refractivity contribution >= 4 is 22.7 Å². The third-order valence-electron chi connectivity index (χ3n) is 4.11. The molecule has 6 nitrogen and oxygen atoms in total. The number of para-hydroxylation sites is 1. The standard InChI is InChI=1S/C21H23N3O3/c1-14(2)13-27-16-8-6-7-15(11-16)20(25)22-23-21(26)18-12-24(3)19-10-5-4-9-17(18)19/h4-12,14H,13H2,1-3H3,(H,22,25)(H,23,26). The van der Waals surface area contributed by atoms with E-state index in [0.717, 1.165) is 10.9 Å². The molecule has 0 bridgehead atoms. The Balaban J connectivity index is 1.66. The number of amides is 2. The highest BCUT2D eigenvalue weighted by Gasteiger charge is 2.15. The Hall–Kier alpha value is -3.28. The zero-order valence-corrected chi connectivity index (χ0v) is 15.7. The van der Waals surface area contributed by atoms with Crippen LogP contribution in [0, 0.1) is 5.92 Å². The Morgan fingerprint density at radius 1 is 1.04 bits per heavy atom. The number of nitrogens with one attached hydrogen (secondary N) is 2. The largest absolute Gasteiger partial charge is 0.493 e. The zero-order valence-electron chi connectivity index (χ0n) is 15.7. The molecule has 2 amide bonds. The lowest BCUT2D eigenvalue weighted by atomic mass is 10.2. The van der Waals surface area contributed by atoms with Gasteiger partial charge in [0.15, 0.2) is 0 Å². The Morgan fingerprint density at radius 2 is 1.78 bits per heavy atom. The van der Waals surface area contributed by atoms with Gasteiger partial charge in [-0.15, -0.1) is 0 Å². The highest BCUT2D eigenvalue weighted by atomic mass is 16.5. The van der Waals surface area contributed by atoms with Gasteiger partial charge in [0.1, 0.15) is 5.75 Å². The molecule has 27 heavy (non-hydrogen) atoms. The maximum absolute atomic E-state index is 12.5. The summed E-state index contributed by atoms with van der Waals surface area (Å²) in [5, 5.41) is 0.829. The monoisotopic (exact) mass is 365 g/mol. The lowest BCUT2D eigenvalue weighted by Crippen LogP contribution is -2.41. The van der Waals surface area contributed by atoms with Gasteiger partial charge in [-0.1, -0.05) is 38.1 Å². The summed E-state index contributed by atoms with van der Waals surface area (Å²) in [5.74, 6) is 0.241. The lowest BCUT2D eigenvalue weighted by molar-refractivity contribution is 0.0847. The Morgan fingerprint density at radius 3 is 2.56 bits per heavy atom. The average Bonchev–Trinajstić information content (AvgIpc) is 3.01. The fourth-order valence-electron chi connectivity index (χ4n) is 2.77. The number of rotatable bonds is 5. The van der Waals surface area contributed by atoms with Crippen LogP contribution in [0.1, 0.15) is 34.6 Å². The predicted octanol–water partition coefficient (Wildman–Crippen LogP) is 3.29. The van der Waals surface area contributed by atoms with Gasteiger partial charge in [0, 0.05) is 29.7 Å². The van der Waals surface area contributed by atoms with Crippen molar-refractivity contribution in [3.8, 4) is 5.75 Å². The second kappa shape index (κ2) is 7.95. The molecule has 0 atom stereocenters. The molecule has 0 saturated heterocycles. The summed E-state index contributed by atoms with van der Waals surface area (Å²) in [7, 11) is 1.88. The molecule has 3 rings (SSSR count). The van der Waals surface area contributed by atoms with E-state index in [2.05, 4.69) is 24.7 Å². The number of aryl methyl sites for hydroxylation is 1. The minimum Gasteiger partial charge on any atom is -0.493 e. The van der Waals surface area contributed by atoms with E-state index in [1.165, 1.54) is 0 Å². The van der Waals surface area contributed by atoms with Gasteiger partial charge in [-0.05, 0) is 30.2 Å². The van der Waals surface area contributed by atoms with Crippen molar-refractivity contribution in [2.24, 2.45) is 13.0 Å². The number of hydrazine groups is 1. The van der Waals surface area contributed by atoms with Crippen LogP contribution in [0.3, 0.4) is 0 Å². The van der Waals surface area contributed by atoms with Gasteiger partial charge in [0.25, 0.3) is 11.8 Å². The van der Waals surface area contributed by atoms with E-state index in [1.54, 1.807) is 30.5 Å². The molecule has 0 saturated carbocycles. The van der Waals surface area contributed by atoms with E-state index >= 15 is 0 Å². The van der Waals surface area contributed by atoms with Gasteiger partial charge >= 0.3 is 0 Å². The normalized spacial score (nSPS) is 10.8. The molecule has 2 aromatic carbocycles. The van der Waals surface area contributed by atoms with Gasteiger partial charge in [0.05, 0.1) is 12.2 Å². The summed E-state index contributed by atoms with van der Waals surface area (Å²) >= 11 is 0. The maximum atomic E-state index is 12.5. The molecule has 1 aromatic heterocycles. The summed E-state index contributed by atoms with van der Waals surface area (Å²) < 4.78 is 7.51. The van der Waals surface area contributed by atoms with Gasteiger partial charge in [-0.3, -0.25) is 20.4 Å². The molecule has 0 fully saturated rings. The quantitative estimate of drug-likeness (QED) is 0.682. The number of nitrogens with zero attached hydrogens (tertiary/aromatic N) is 1. The topological polar surface area (TPSA) is 72.4 Å². The minimum atomic E-state index is -0.404. The van der Waals surface area contributed by atoms with Crippen molar-refractivity contribution < 1.29 is 14.3 Å². The summed E-state index contributed by atoms with van der Waals surface area (Å²) in [5.41, 5.74) is 6.80. The highest BCUT2D eigenvalue weighted by Crippen LogP contribution is 2.20. The van der Waals surface area contributed by atoms with Crippen molar-refractivity contribution in [1.29, 1.82) is 0 Å². The van der Waals surface area contributed by atoms with Crippen LogP contribution < -0.4 is 15.6 Å². The fourth-order valence-corrected chi connectivity index (χ4v) is 2.77. The summed E-state index contributed by atoms with van der Waals surface area (Å²) in [6.07, 6.45) is 1.74. The number of hydrogen-bond donors (Lipinski definition) is 2. The SMILES string of the molecule is CC(C)COc1cccc(C(=O)NNC(=O)c2cn(C)c3ccccc23)c1. The number of carbonyl (C=O) groups is 2. The molecule has 0 aliphatic rings. The Bertz CT molecular complexity index is 976. The first-order valence-electron chi connectivity index (χ1n) is 8.83. The van der Waals surface area contributed by atoms with Crippen LogP contribution in [0.5, 0.6) is 5.75 Å². The first-order chi connectivity index (χ1) is 13.0. The molecule has 0 unspecified atom stereocenters. The molecule has 0 aliphatic heterocycles. The first kappa shape index (κ1) is 18.5. The van der Waals surface area contributed by atoms with Crippen molar-refractivity contribution in [1.82, 2.24) is 15.4 Å². The smallest absolute Gasteiger partial charge is 0.271 e. The molecule has 140 valence electrons. The number of hydrogen-bond acceptors (Lipinski definition) is 3. The van der Waals surface area contributed by atoms with E-state index in [9.17, 15) is 9.59 Å². The van der Waals surface area contributed by atoms with Gasteiger partial charge in [-0.25, -0.2) is 0 Å². The van der Waals surface area contributed by atoms with Crippen molar-refractivity contribution in [2.45, 2.75) is 13.8 Å². The Kier molecular flexibility index (Phi) is 5.45. The van der Waals surface area contributed by atoms with Crippen LogP contribution in [0.25, 0.3) is 10.9 Å². The van der Waals surface area contributed by atoms with Crippen LogP contribution >= 0.6 is 0 Å². The van der Waals surface area contributed by atoms with Crippen LogP contribution in [0.2, 0.25) is 0 Å². The number of benzene rings is 2. The molecule has 0 radical (unpaired) electrons. The molecule has 3 aromatic rings. The fraction of sp³-hybridized carbons (Fsp3) is 0.238. The summed E-state index contributed by atoms with van der Waals surface area (Å²) in [6, 6.07) is 14.5. The van der Waals surface area contributed by atoms with E-state index in [0.29, 0.717) is 29.4 Å². The Labute approximate surface area is 158 Å². The number of carbonyl (C=O) groups excluding carboxylic acids is 2. The zero-order chi connectivity index (χ0) is 19.4. The third-order valence-corrected chi connectivity index (χ3v) is 4.11. The van der Waals surface area contributed by atoms with Gasteiger partial charge in [-0.2, -0.15) is 0 Å². The minimum absolute atomic E-state index is 0.368. The highest BCUT2D eigenvalue weighted by molar-refractivity contribution is 6.08. The molecular weight excluding hydrogens is 342 g/mol. The van der Waals surface area contributed by atoms with Crippen LogP contribution in [-0.4, -0.2) is 23.0 Å². The summed E-state index contributed by atoms with van der Waals surface area (Å²) in [6.45, 7) is 4.68. The molecule has 1 heterocycles. The van der Waals surface area contributed by atoms with E-state index in [4.69, 9.17) is 4.74 Å². The number of fused-ring (bicyclic) bond motifs is 1. The van der Waals surface area contributed by atoms with Crippen LogP contribution in [0.4, 0.5) is 0 Å². The van der Waals surface area contributed by atoms with E-state index < -0.39 is 5.91 Å². The van der Waals surface area contributed by atoms with E-state index in [-0.39, 0.29) is 5.91 Å². The van der Waals surface area contributed by atoms with Crippen molar-refractivity contribution in [3.05, 3.63) is 65.9 Å². The number of aromatic nitrogens is 1. The lowest BCUT2D eigenvalue weighted by Gasteiger charge is -2.10. The second-order valence-electron chi connectivity index (χ2n) is 6.81. The van der Waals surface area contributed by atoms with Crippen molar-refractivity contribution in [2.75, 3.05) is 6.61 Å². The maximum Gasteiger partial charge on any atom is 0.271 e. The van der Waals surface area contributed by atoms with Gasteiger partial charge in [0.2, 0.25) is 0 Å². The van der Waals surface area contributed by atoms with E-state index in [1.807, 2.05) is 35.9 Å². The second-order valence-corrected chi connectivity index (χ2v) is 6.81. The molecular formula is C21H23N3O3. The summed E-state index contributed by atoms with van der Waals surface area (Å²) in [4.78, 5) is 24.8. The molecule has 6 heteroatoms. The first-order valence-corrected chi connectivity index (χ1v) is 8.83. The predicted molar refractivity (Wildman–Crippen MR) is 105 cm³/mol. The van der Waals surface area contributed by atoms with Crippen LogP contribution in [0.15, 0.2) is 54.7 Å². The van der Waals surface area contributed by atoms with Crippen LogP contribution in [-0.2, 0) is 7.05 Å². The third kappa shape index (κ3) is 4.28. The van der Waals surface area contributed by atoms with Gasteiger partial charge < -0.3 is 9.30 Å². The average molecular weight is 365 g/mol. The molecule has 0 aliphatic carbocycles. The molecule has 2 N–H and O–H groups in total. The number of ether oxygens (including phenoxy) is 1.